The number of nitrogens with zero attached hydrogens (tertiary/aromatic N) is 1. The van der Waals surface area contributed by atoms with Crippen LogP contribution in [0, 0.1) is 0 Å². The van der Waals surface area contributed by atoms with E-state index in [4.69, 9.17) is 0 Å². The van der Waals surface area contributed by atoms with Crippen molar-refractivity contribution in [3.8, 4) is 0 Å². The zero-order valence-corrected chi connectivity index (χ0v) is 9.83. The van der Waals surface area contributed by atoms with Crippen LogP contribution in [-0.4, -0.2) is 10.2 Å². The third-order valence-corrected chi connectivity index (χ3v) is 2.85. The Morgan fingerprint density at radius 1 is 1.07 bits per heavy atom. The average molecular weight is 202 g/mol. The van der Waals surface area contributed by atoms with E-state index in [2.05, 4.69) is 56.1 Å². The number of aromatic amines is 1. The number of hydrogen-bond donors (Lipinski definition) is 1. The van der Waals surface area contributed by atoms with Gasteiger partial charge in [0.15, 0.2) is 0 Å². The molecule has 0 atom stereocenters. The monoisotopic (exact) mass is 202 g/mol. The number of rotatable bonds is 2. The lowest BCUT2D eigenvalue weighted by Crippen LogP contribution is -1.88. The number of benzene rings is 1. The van der Waals surface area contributed by atoms with Crippen LogP contribution in [0.5, 0.6) is 0 Å². The van der Waals surface area contributed by atoms with Crippen molar-refractivity contribution < 1.29 is 0 Å². The van der Waals surface area contributed by atoms with Crippen molar-refractivity contribution in [2.75, 3.05) is 0 Å². The molecule has 0 fully saturated rings. The van der Waals surface area contributed by atoms with E-state index in [1.807, 2.05) is 0 Å². The molecular weight excluding hydrogens is 184 g/mol. The smallest absolute Gasteiger partial charge is 0.0926 e. The van der Waals surface area contributed by atoms with E-state index in [-0.39, 0.29) is 0 Å². The number of nitrogens with one attached hydrogen (secondary N) is 1. The second-order valence-electron chi connectivity index (χ2n) is 4.72. The molecule has 0 aliphatic rings. The van der Waals surface area contributed by atoms with Gasteiger partial charge in [-0.2, -0.15) is 5.10 Å². The van der Waals surface area contributed by atoms with Crippen LogP contribution in [0.15, 0.2) is 18.2 Å². The van der Waals surface area contributed by atoms with Crippen molar-refractivity contribution in [3.63, 3.8) is 0 Å². The summed E-state index contributed by atoms with van der Waals surface area (Å²) in [6.07, 6.45) is 0. The van der Waals surface area contributed by atoms with E-state index >= 15 is 0 Å². The fourth-order valence-electron chi connectivity index (χ4n) is 1.85. The minimum absolute atomic E-state index is 0.500. The molecule has 0 aliphatic heterocycles. The Labute approximate surface area is 90.7 Å². The number of hydrogen-bond acceptors (Lipinski definition) is 1. The van der Waals surface area contributed by atoms with Gasteiger partial charge in [0, 0.05) is 11.1 Å². The Morgan fingerprint density at radius 2 is 1.80 bits per heavy atom. The average Bonchev–Trinajstić information content (AvgIpc) is 2.59. The van der Waals surface area contributed by atoms with E-state index in [0.717, 1.165) is 5.52 Å². The Balaban J connectivity index is 2.57. The first kappa shape index (κ1) is 10.2. The first-order valence-corrected chi connectivity index (χ1v) is 5.57. The Bertz CT molecular complexity index is 466. The van der Waals surface area contributed by atoms with Crippen LogP contribution in [0.4, 0.5) is 0 Å². The molecule has 0 radical (unpaired) electrons. The summed E-state index contributed by atoms with van der Waals surface area (Å²) in [5, 5.41) is 8.75. The maximum atomic E-state index is 4.36. The summed E-state index contributed by atoms with van der Waals surface area (Å²) in [7, 11) is 0. The van der Waals surface area contributed by atoms with Crippen LogP contribution >= 0.6 is 0 Å². The van der Waals surface area contributed by atoms with E-state index in [9.17, 15) is 0 Å². The third kappa shape index (κ3) is 1.76. The molecule has 1 aromatic heterocycles. The van der Waals surface area contributed by atoms with E-state index in [1.54, 1.807) is 0 Å². The lowest BCUT2D eigenvalue weighted by molar-refractivity contribution is 0.818. The summed E-state index contributed by atoms with van der Waals surface area (Å²) in [6.45, 7) is 8.78. The quantitative estimate of drug-likeness (QED) is 0.788. The molecule has 1 aromatic carbocycles. The standard InChI is InChI=1S/C13H18N2/c1-8(2)10-5-6-11-12(7-10)14-15-13(11)9(3)4/h5-9H,1-4H3,(H,14,15). The second kappa shape index (κ2) is 3.69. The summed E-state index contributed by atoms with van der Waals surface area (Å²) in [5.41, 5.74) is 3.68. The first-order valence-electron chi connectivity index (χ1n) is 5.57. The maximum Gasteiger partial charge on any atom is 0.0926 e. The predicted octanol–water partition coefficient (Wildman–Crippen LogP) is 3.81. The molecule has 2 rings (SSSR count). The van der Waals surface area contributed by atoms with Crippen LogP contribution in [0.3, 0.4) is 0 Å². The Hall–Kier alpha value is -1.31. The van der Waals surface area contributed by atoms with E-state index in [0.29, 0.717) is 11.8 Å². The van der Waals surface area contributed by atoms with Gasteiger partial charge in [-0.05, 0) is 23.5 Å². The van der Waals surface area contributed by atoms with Gasteiger partial charge in [0.1, 0.15) is 0 Å². The molecule has 0 saturated carbocycles. The van der Waals surface area contributed by atoms with Gasteiger partial charge in [-0.25, -0.2) is 0 Å². The molecule has 0 amide bonds. The van der Waals surface area contributed by atoms with Crippen molar-refractivity contribution >= 4 is 10.9 Å². The van der Waals surface area contributed by atoms with Crippen molar-refractivity contribution in [3.05, 3.63) is 29.5 Å². The van der Waals surface area contributed by atoms with Crippen LogP contribution in [0.2, 0.25) is 0 Å². The molecule has 0 spiro atoms. The number of H-pyrrole nitrogens is 1. The predicted molar refractivity (Wildman–Crippen MR) is 64.3 cm³/mol. The lowest BCUT2D eigenvalue weighted by Gasteiger charge is -2.05. The molecule has 0 aliphatic carbocycles. The van der Waals surface area contributed by atoms with Crippen LogP contribution in [0.1, 0.15) is 50.8 Å². The van der Waals surface area contributed by atoms with Crippen LogP contribution in [-0.2, 0) is 0 Å². The summed E-state index contributed by atoms with van der Waals surface area (Å²) >= 11 is 0. The molecule has 0 bridgehead atoms. The minimum Gasteiger partial charge on any atom is -0.281 e. The molecular formula is C13H18N2. The van der Waals surface area contributed by atoms with E-state index in [1.165, 1.54) is 16.6 Å². The number of aromatic nitrogens is 2. The van der Waals surface area contributed by atoms with Crippen molar-refractivity contribution in [1.82, 2.24) is 10.2 Å². The summed E-state index contributed by atoms with van der Waals surface area (Å²) in [5.74, 6) is 1.06. The van der Waals surface area contributed by atoms with Crippen molar-refractivity contribution in [1.29, 1.82) is 0 Å². The zero-order chi connectivity index (χ0) is 11.0. The van der Waals surface area contributed by atoms with E-state index < -0.39 is 0 Å². The third-order valence-electron chi connectivity index (χ3n) is 2.85. The van der Waals surface area contributed by atoms with Crippen LogP contribution in [0.25, 0.3) is 10.9 Å². The highest BCUT2D eigenvalue weighted by Gasteiger charge is 2.09. The highest BCUT2D eigenvalue weighted by Crippen LogP contribution is 2.25. The fourth-order valence-corrected chi connectivity index (χ4v) is 1.85. The molecule has 0 saturated heterocycles. The second-order valence-corrected chi connectivity index (χ2v) is 4.72. The summed E-state index contributed by atoms with van der Waals surface area (Å²) in [6, 6.07) is 6.57. The fraction of sp³-hybridized carbons (Fsp3) is 0.462. The van der Waals surface area contributed by atoms with Gasteiger partial charge in [0.05, 0.1) is 5.52 Å². The van der Waals surface area contributed by atoms with Gasteiger partial charge in [0.2, 0.25) is 0 Å². The van der Waals surface area contributed by atoms with Gasteiger partial charge in [0.25, 0.3) is 0 Å². The maximum absolute atomic E-state index is 4.36. The summed E-state index contributed by atoms with van der Waals surface area (Å²) in [4.78, 5) is 0. The lowest BCUT2D eigenvalue weighted by atomic mass is 10.00. The van der Waals surface area contributed by atoms with Crippen LogP contribution < -0.4 is 0 Å². The molecule has 0 unspecified atom stereocenters. The molecule has 2 nitrogen and oxygen atoms in total. The van der Waals surface area contributed by atoms with Crippen molar-refractivity contribution in [2.45, 2.75) is 39.5 Å². The first-order chi connectivity index (χ1) is 7.09. The molecule has 2 heteroatoms. The van der Waals surface area contributed by atoms with Gasteiger partial charge in [-0.3, -0.25) is 5.10 Å². The molecule has 15 heavy (non-hydrogen) atoms. The molecule has 2 aromatic rings. The van der Waals surface area contributed by atoms with Gasteiger partial charge in [-0.1, -0.05) is 39.8 Å². The van der Waals surface area contributed by atoms with Gasteiger partial charge >= 0.3 is 0 Å². The highest BCUT2D eigenvalue weighted by atomic mass is 15.1. The topological polar surface area (TPSA) is 28.7 Å². The van der Waals surface area contributed by atoms with Gasteiger partial charge < -0.3 is 0 Å². The molecule has 1 heterocycles. The zero-order valence-electron chi connectivity index (χ0n) is 9.83. The summed E-state index contributed by atoms with van der Waals surface area (Å²) < 4.78 is 0. The number of fused-ring (bicyclic) bond motifs is 1. The highest BCUT2D eigenvalue weighted by molar-refractivity contribution is 5.82. The largest absolute Gasteiger partial charge is 0.281 e. The molecule has 80 valence electrons. The Kier molecular flexibility index (Phi) is 2.51. The molecule has 1 N–H and O–H groups in total. The SMILES string of the molecule is CC(C)c1ccc2c(C(C)C)[nH]nc2c1. The minimum atomic E-state index is 0.500. The van der Waals surface area contributed by atoms with Gasteiger partial charge in [-0.15, -0.1) is 0 Å². The van der Waals surface area contributed by atoms with Crippen molar-refractivity contribution in [2.24, 2.45) is 0 Å². The normalized spacial score (nSPS) is 11.9. The Morgan fingerprint density at radius 3 is 2.40 bits per heavy atom.